The minimum absolute atomic E-state index is 0.0204. The van der Waals surface area contributed by atoms with Crippen LogP contribution in [0.4, 0.5) is 5.69 Å². The Kier molecular flexibility index (Phi) is 5.84. The highest BCUT2D eigenvalue weighted by atomic mass is 32.2. The first-order chi connectivity index (χ1) is 14.3. The fraction of sp³-hybridized carbons (Fsp3) is 0.524. The molecule has 1 aliphatic carbocycles. The lowest BCUT2D eigenvalue weighted by Crippen LogP contribution is -2.42. The van der Waals surface area contributed by atoms with Gasteiger partial charge in [0, 0.05) is 16.6 Å². The van der Waals surface area contributed by atoms with Crippen LogP contribution in [0.25, 0.3) is 10.9 Å². The maximum atomic E-state index is 13.0. The molecular formula is C21H28N4O4S. The molecule has 30 heavy (non-hydrogen) atoms. The van der Waals surface area contributed by atoms with Crippen LogP contribution in [0.2, 0.25) is 0 Å². The molecule has 9 heteroatoms. The molecule has 1 aromatic heterocycles. The molecule has 1 unspecified atom stereocenters. The third-order valence-electron chi connectivity index (χ3n) is 6.22. The number of carbonyl (C=O) groups is 2. The summed E-state index contributed by atoms with van der Waals surface area (Å²) >= 11 is 0. The van der Waals surface area contributed by atoms with Crippen LogP contribution in [0.15, 0.2) is 24.3 Å². The molecule has 1 aromatic carbocycles. The van der Waals surface area contributed by atoms with Crippen molar-refractivity contribution in [1.29, 1.82) is 0 Å². The molecule has 1 aliphatic heterocycles. The van der Waals surface area contributed by atoms with E-state index in [4.69, 9.17) is 0 Å². The zero-order chi connectivity index (χ0) is 21.3. The topological polar surface area (TPSA) is 120 Å². The highest BCUT2D eigenvalue weighted by molar-refractivity contribution is 7.89. The van der Waals surface area contributed by atoms with Crippen LogP contribution in [-0.2, 0) is 14.8 Å². The van der Waals surface area contributed by atoms with Gasteiger partial charge in [0.1, 0.15) is 5.69 Å². The van der Waals surface area contributed by atoms with Crippen LogP contribution >= 0.6 is 0 Å². The molecule has 2 atom stereocenters. The molecule has 1 saturated carbocycles. The van der Waals surface area contributed by atoms with Crippen LogP contribution in [-0.4, -0.2) is 44.1 Å². The van der Waals surface area contributed by atoms with E-state index in [2.05, 4.69) is 15.6 Å². The average molecular weight is 433 g/mol. The van der Waals surface area contributed by atoms with E-state index in [1.54, 1.807) is 24.3 Å². The lowest BCUT2D eigenvalue weighted by molar-refractivity contribution is -0.119. The van der Waals surface area contributed by atoms with E-state index in [0.717, 1.165) is 24.6 Å². The van der Waals surface area contributed by atoms with E-state index in [9.17, 15) is 18.0 Å². The molecule has 2 aromatic rings. The molecular weight excluding hydrogens is 404 g/mol. The van der Waals surface area contributed by atoms with Crippen molar-refractivity contribution >= 4 is 38.4 Å². The van der Waals surface area contributed by atoms with Crippen LogP contribution in [0.1, 0.15) is 49.0 Å². The van der Waals surface area contributed by atoms with Gasteiger partial charge in [-0.25, -0.2) is 13.1 Å². The number of fused-ring (bicyclic) bond motifs is 1. The maximum Gasteiger partial charge on any atom is 0.281 e. The minimum Gasteiger partial charge on any atom is -0.350 e. The summed E-state index contributed by atoms with van der Waals surface area (Å²) in [6.45, 7) is 0.870. The number of nitrogens with one attached hydrogen (secondary N) is 4. The number of H-pyrrole nitrogens is 1. The Bertz CT molecular complexity index is 1060. The Labute approximate surface area is 176 Å². The van der Waals surface area contributed by atoms with Crippen molar-refractivity contribution in [3.8, 4) is 0 Å². The standard InChI is InChI=1S/C21H28N4O4S/c1-30(28,29)25-20(26)18-12-14-11-15(7-8-17(14)24-18)23-21(27)19-16(9-10-22-19)13-5-3-2-4-6-13/h7-8,11-13,16,19,22,24H,2-6,9-10H2,1H3,(H,23,27)(H,25,26)/t16?,19-/m0/s1. The summed E-state index contributed by atoms with van der Waals surface area (Å²) in [5.41, 5.74) is 1.48. The van der Waals surface area contributed by atoms with Crippen molar-refractivity contribution in [2.75, 3.05) is 18.1 Å². The molecule has 2 fully saturated rings. The van der Waals surface area contributed by atoms with E-state index in [-0.39, 0.29) is 17.6 Å². The molecule has 8 nitrogen and oxygen atoms in total. The van der Waals surface area contributed by atoms with E-state index in [0.29, 0.717) is 23.0 Å². The number of aromatic nitrogens is 1. The summed E-state index contributed by atoms with van der Waals surface area (Å²) in [4.78, 5) is 27.9. The van der Waals surface area contributed by atoms with E-state index in [1.807, 2.05) is 4.72 Å². The number of carbonyl (C=O) groups excluding carboxylic acids is 2. The lowest BCUT2D eigenvalue weighted by Gasteiger charge is -2.30. The zero-order valence-electron chi connectivity index (χ0n) is 17.0. The highest BCUT2D eigenvalue weighted by Crippen LogP contribution is 2.36. The maximum absolute atomic E-state index is 13.0. The first-order valence-electron chi connectivity index (χ1n) is 10.5. The number of sulfonamides is 1. The lowest BCUT2D eigenvalue weighted by atomic mass is 9.76. The number of anilines is 1. The Balaban J connectivity index is 1.46. The molecule has 2 heterocycles. The van der Waals surface area contributed by atoms with Crippen LogP contribution in [0.5, 0.6) is 0 Å². The smallest absolute Gasteiger partial charge is 0.281 e. The minimum atomic E-state index is -3.64. The Morgan fingerprint density at radius 3 is 2.57 bits per heavy atom. The van der Waals surface area contributed by atoms with Gasteiger partial charge in [-0.3, -0.25) is 9.59 Å². The Morgan fingerprint density at radius 2 is 1.83 bits per heavy atom. The fourth-order valence-electron chi connectivity index (χ4n) is 4.86. The summed E-state index contributed by atoms with van der Waals surface area (Å²) in [5.74, 6) is 0.262. The second-order valence-electron chi connectivity index (χ2n) is 8.46. The van der Waals surface area contributed by atoms with Gasteiger partial charge in [0.25, 0.3) is 5.91 Å². The third-order valence-corrected chi connectivity index (χ3v) is 6.78. The van der Waals surface area contributed by atoms with Crippen molar-refractivity contribution < 1.29 is 18.0 Å². The summed E-state index contributed by atoms with van der Waals surface area (Å²) in [5, 5.41) is 7.10. The molecule has 4 N–H and O–H groups in total. The van der Waals surface area contributed by atoms with Crippen LogP contribution in [0.3, 0.4) is 0 Å². The van der Waals surface area contributed by atoms with Gasteiger partial charge in [-0.2, -0.15) is 0 Å². The second kappa shape index (κ2) is 8.39. The molecule has 0 spiro atoms. The number of amides is 2. The first-order valence-corrected chi connectivity index (χ1v) is 12.4. The molecule has 162 valence electrons. The normalized spacial score (nSPS) is 22.8. The van der Waals surface area contributed by atoms with E-state index >= 15 is 0 Å². The van der Waals surface area contributed by atoms with Gasteiger partial charge in [-0.1, -0.05) is 32.1 Å². The molecule has 2 aliphatic rings. The van der Waals surface area contributed by atoms with Gasteiger partial charge in [0.2, 0.25) is 15.9 Å². The molecule has 4 rings (SSSR count). The molecule has 0 radical (unpaired) electrons. The second-order valence-corrected chi connectivity index (χ2v) is 10.2. The quantitative estimate of drug-likeness (QED) is 0.578. The van der Waals surface area contributed by atoms with Crippen molar-refractivity contribution in [3.05, 3.63) is 30.0 Å². The highest BCUT2D eigenvalue weighted by Gasteiger charge is 2.38. The van der Waals surface area contributed by atoms with Crippen LogP contribution < -0.4 is 15.4 Å². The average Bonchev–Trinajstić information content (AvgIpc) is 3.34. The van der Waals surface area contributed by atoms with Gasteiger partial charge in [0.15, 0.2) is 0 Å². The van der Waals surface area contributed by atoms with E-state index < -0.39 is 15.9 Å². The SMILES string of the molecule is CS(=O)(=O)NC(=O)c1cc2cc(NC(=O)[C@H]3NCCC3C3CCCCC3)ccc2[nH]1. The molecule has 0 bridgehead atoms. The summed E-state index contributed by atoms with van der Waals surface area (Å²) in [6.07, 6.45) is 8.21. The Morgan fingerprint density at radius 1 is 1.07 bits per heavy atom. The summed E-state index contributed by atoms with van der Waals surface area (Å²) in [6, 6.07) is 6.73. The van der Waals surface area contributed by atoms with Gasteiger partial charge in [0.05, 0.1) is 12.3 Å². The summed E-state index contributed by atoms with van der Waals surface area (Å²) < 4.78 is 24.5. The van der Waals surface area contributed by atoms with Gasteiger partial charge in [-0.05, 0) is 49.1 Å². The van der Waals surface area contributed by atoms with Gasteiger partial charge >= 0.3 is 0 Å². The Hall–Kier alpha value is -2.39. The number of aromatic amines is 1. The predicted octanol–water partition coefficient (Wildman–Crippen LogP) is 2.35. The third kappa shape index (κ3) is 4.67. The van der Waals surface area contributed by atoms with Crippen molar-refractivity contribution in [2.45, 2.75) is 44.6 Å². The van der Waals surface area contributed by atoms with Gasteiger partial charge in [-0.15, -0.1) is 0 Å². The largest absolute Gasteiger partial charge is 0.350 e. The van der Waals surface area contributed by atoms with Crippen LogP contribution in [0, 0.1) is 11.8 Å². The summed E-state index contributed by atoms with van der Waals surface area (Å²) in [7, 11) is -3.64. The number of rotatable bonds is 5. The molecule has 1 saturated heterocycles. The van der Waals surface area contributed by atoms with Crippen molar-refractivity contribution in [3.63, 3.8) is 0 Å². The number of hydrogen-bond donors (Lipinski definition) is 4. The number of benzene rings is 1. The van der Waals surface area contributed by atoms with Gasteiger partial charge < -0.3 is 15.6 Å². The first kappa shape index (κ1) is 20.9. The monoisotopic (exact) mass is 432 g/mol. The predicted molar refractivity (Wildman–Crippen MR) is 116 cm³/mol. The molecule has 2 amide bonds. The van der Waals surface area contributed by atoms with E-state index in [1.165, 1.54) is 32.1 Å². The van der Waals surface area contributed by atoms with Crippen molar-refractivity contribution in [2.24, 2.45) is 11.8 Å². The fourth-order valence-corrected chi connectivity index (χ4v) is 5.30. The zero-order valence-corrected chi connectivity index (χ0v) is 17.8. The van der Waals surface area contributed by atoms with Crippen molar-refractivity contribution in [1.82, 2.24) is 15.0 Å². The number of hydrogen-bond acceptors (Lipinski definition) is 5.